The summed E-state index contributed by atoms with van der Waals surface area (Å²) in [5, 5.41) is 21.1. The van der Waals surface area contributed by atoms with Crippen molar-refractivity contribution in [2.24, 2.45) is 0 Å². The van der Waals surface area contributed by atoms with Crippen LogP contribution in [0.25, 0.3) is 21.9 Å². The number of aliphatic hydroxyl groups excluding tert-OH is 2. The summed E-state index contributed by atoms with van der Waals surface area (Å²) in [5.74, 6) is 1.38. The molecule has 1 unspecified atom stereocenters. The Morgan fingerprint density at radius 3 is 2.15 bits per heavy atom. The van der Waals surface area contributed by atoms with E-state index in [-0.39, 0.29) is 26.4 Å². The summed E-state index contributed by atoms with van der Waals surface area (Å²) < 4.78 is 32.9. The zero-order valence-electron chi connectivity index (χ0n) is 17.8. The third kappa shape index (κ3) is 3.66. The fourth-order valence-corrected chi connectivity index (χ4v) is 6.61. The molecule has 0 saturated heterocycles. The lowest BCUT2D eigenvalue weighted by Gasteiger charge is -2.30. The lowest BCUT2D eigenvalue weighted by atomic mass is 10.0. The molecular formula is C26H23O6P. The quantitative estimate of drug-likeness (QED) is 0.406. The summed E-state index contributed by atoms with van der Waals surface area (Å²) in [6.45, 7) is -0.227. The Bertz CT molecular complexity index is 1370. The van der Waals surface area contributed by atoms with Crippen molar-refractivity contribution in [1.29, 1.82) is 0 Å². The highest BCUT2D eigenvalue weighted by Crippen LogP contribution is 2.56. The molecule has 4 aromatic carbocycles. The van der Waals surface area contributed by atoms with Gasteiger partial charge in [-0.15, -0.1) is 0 Å². The first-order chi connectivity index (χ1) is 16.2. The summed E-state index contributed by atoms with van der Waals surface area (Å²) in [6.07, 6.45) is 0. The summed E-state index contributed by atoms with van der Waals surface area (Å²) in [6, 6.07) is 24.1. The molecule has 1 atom stereocenters. The molecule has 1 heterocycles. The van der Waals surface area contributed by atoms with E-state index in [9.17, 15) is 14.8 Å². The summed E-state index contributed by atoms with van der Waals surface area (Å²) in [5.41, 5.74) is 1.71. The smallest absolute Gasteiger partial charge is 0.311 e. The van der Waals surface area contributed by atoms with Crippen molar-refractivity contribution in [2.45, 2.75) is 0 Å². The fourth-order valence-electron chi connectivity index (χ4n) is 4.19. The van der Waals surface area contributed by atoms with Crippen LogP contribution in [0.15, 0.2) is 78.9 Å². The van der Waals surface area contributed by atoms with E-state index < -0.39 is 7.37 Å². The van der Waals surface area contributed by atoms with E-state index in [2.05, 4.69) is 0 Å². The predicted octanol–water partition coefficient (Wildman–Crippen LogP) is 3.87. The maximum absolute atomic E-state index is 14.8. The highest BCUT2D eigenvalue weighted by molar-refractivity contribution is 7.75. The molecule has 0 saturated carbocycles. The lowest BCUT2D eigenvalue weighted by molar-refractivity contribution is 0.201. The number of rotatable bonds is 7. The molecule has 1 aliphatic rings. The van der Waals surface area contributed by atoms with Crippen LogP contribution in [-0.2, 0) is 4.57 Å². The molecule has 0 spiro atoms. The second-order valence-electron chi connectivity index (χ2n) is 7.57. The molecule has 7 heteroatoms. The maximum atomic E-state index is 14.8. The van der Waals surface area contributed by atoms with E-state index in [0.717, 1.165) is 16.5 Å². The van der Waals surface area contributed by atoms with E-state index in [1.165, 1.54) is 0 Å². The maximum Gasteiger partial charge on any atom is 0.311 e. The molecule has 4 aromatic rings. The first-order valence-corrected chi connectivity index (χ1v) is 12.3. The molecule has 0 aromatic heterocycles. The van der Waals surface area contributed by atoms with Crippen LogP contribution in [0.5, 0.6) is 17.2 Å². The SMILES string of the molecule is O=P1(c2cc(OCCO)c3ccccc3c2OCCO)Oc2ccccc2-c2ccccc21. The van der Waals surface area contributed by atoms with Gasteiger partial charge < -0.3 is 24.2 Å². The zero-order chi connectivity index (χ0) is 22.8. The molecule has 2 N–H and O–H groups in total. The Hall–Kier alpha value is -3.31. The van der Waals surface area contributed by atoms with Gasteiger partial charge in [0.15, 0.2) is 0 Å². The van der Waals surface area contributed by atoms with E-state index in [1.807, 2.05) is 66.7 Å². The molecule has 33 heavy (non-hydrogen) atoms. The van der Waals surface area contributed by atoms with Gasteiger partial charge in [0.25, 0.3) is 0 Å². The van der Waals surface area contributed by atoms with Crippen LogP contribution < -0.4 is 24.6 Å². The average Bonchev–Trinajstić information content (AvgIpc) is 2.86. The van der Waals surface area contributed by atoms with Crippen molar-refractivity contribution in [3.63, 3.8) is 0 Å². The first-order valence-electron chi connectivity index (χ1n) is 10.7. The van der Waals surface area contributed by atoms with Crippen LogP contribution in [0.4, 0.5) is 0 Å². The standard InChI is InChI=1S/C26H23O6P/c27-13-15-30-23-17-25(26(31-16-14-28)21-10-2-1-8-19(21)23)33(29)24-12-6-4-9-20(24)18-7-3-5-11-22(18)32-33/h1-12,17,27-28H,13-16H2. The molecule has 0 amide bonds. The van der Waals surface area contributed by atoms with E-state index in [0.29, 0.717) is 33.2 Å². The van der Waals surface area contributed by atoms with Gasteiger partial charge in [-0.2, -0.15) is 0 Å². The van der Waals surface area contributed by atoms with Crippen LogP contribution in [0, 0.1) is 0 Å². The van der Waals surface area contributed by atoms with Crippen LogP contribution in [0.3, 0.4) is 0 Å². The van der Waals surface area contributed by atoms with Crippen LogP contribution >= 0.6 is 7.37 Å². The minimum atomic E-state index is -3.68. The van der Waals surface area contributed by atoms with Gasteiger partial charge in [-0.1, -0.05) is 60.7 Å². The number of benzene rings is 4. The van der Waals surface area contributed by atoms with Gasteiger partial charge in [-0.05, 0) is 23.8 Å². The van der Waals surface area contributed by atoms with Gasteiger partial charge >= 0.3 is 7.37 Å². The molecule has 5 rings (SSSR count). The minimum absolute atomic E-state index is 0.0338. The number of hydrogen-bond donors (Lipinski definition) is 2. The minimum Gasteiger partial charge on any atom is -0.491 e. The van der Waals surface area contributed by atoms with Crippen molar-refractivity contribution in [2.75, 3.05) is 26.4 Å². The normalized spacial score (nSPS) is 16.5. The second kappa shape index (κ2) is 8.91. The van der Waals surface area contributed by atoms with Gasteiger partial charge in [-0.3, -0.25) is 4.57 Å². The lowest BCUT2D eigenvalue weighted by Crippen LogP contribution is -2.27. The Balaban J connectivity index is 1.81. The van der Waals surface area contributed by atoms with Gasteiger partial charge in [-0.25, -0.2) is 0 Å². The number of aliphatic hydroxyl groups is 2. The molecule has 0 bridgehead atoms. The monoisotopic (exact) mass is 462 g/mol. The van der Waals surface area contributed by atoms with Gasteiger partial charge in [0, 0.05) is 16.3 Å². The predicted molar refractivity (Wildman–Crippen MR) is 128 cm³/mol. The first kappa shape index (κ1) is 21.5. The summed E-state index contributed by atoms with van der Waals surface area (Å²) in [7, 11) is -3.68. The number of fused-ring (bicyclic) bond motifs is 4. The van der Waals surface area contributed by atoms with E-state index >= 15 is 0 Å². The fraction of sp³-hybridized carbons (Fsp3) is 0.154. The Labute approximate surface area is 191 Å². The van der Waals surface area contributed by atoms with Gasteiger partial charge in [0.2, 0.25) is 0 Å². The second-order valence-corrected chi connectivity index (χ2v) is 9.82. The summed E-state index contributed by atoms with van der Waals surface area (Å²) >= 11 is 0. The molecule has 6 nitrogen and oxygen atoms in total. The zero-order valence-corrected chi connectivity index (χ0v) is 18.7. The van der Waals surface area contributed by atoms with Crippen molar-refractivity contribution < 1.29 is 28.8 Å². The van der Waals surface area contributed by atoms with Crippen molar-refractivity contribution >= 4 is 28.8 Å². The molecule has 0 radical (unpaired) electrons. The van der Waals surface area contributed by atoms with Crippen LogP contribution in [0.2, 0.25) is 0 Å². The van der Waals surface area contributed by atoms with Crippen molar-refractivity contribution in [3.8, 4) is 28.4 Å². The molecule has 0 aliphatic carbocycles. The van der Waals surface area contributed by atoms with Gasteiger partial charge in [0.1, 0.15) is 30.5 Å². The third-order valence-electron chi connectivity index (χ3n) is 5.57. The van der Waals surface area contributed by atoms with Crippen LogP contribution in [-0.4, -0.2) is 36.6 Å². The number of para-hydroxylation sites is 1. The average molecular weight is 462 g/mol. The highest BCUT2D eigenvalue weighted by Gasteiger charge is 2.41. The van der Waals surface area contributed by atoms with Crippen molar-refractivity contribution in [3.05, 3.63) is 78.9 Å². The molecule has 0 fully saturated rings. The Morgan fingerprint density at radius 1 is 0.727 bits per heavy atom. The number of ether oxygens (including phenoxy) is 2. The third-order valence-corrected chi connectivity index (χ3v) is 8.01. The summed E-state index contributed by atoms with van der Waals surface area (Å²) in [4.78, 5) is 0. The topological polar surface area (TPSA) is 85.2 Å². The van der Waals surface area contributed by atoms with Gasteiger partial charge in [0.05, 0.1) is 23.8 Å². The van der Waals surface area contributed by atoms with Crippen LogP contribution in [0.1, 0.15) is 0 Å². The Morgan fingerprint density at radius 2 is 1.36 bits per heavy atom. The highest BCUT2D eigenvalue weighted by atomic mass is 31.2. The van der Waals surface area contributed by atoms with E-state index in [1.54, 1.807) is 12.1 Å². The Kier molecular flexibility index (Phi) is 5.81. The largest absolute Gasteiger partial charge is 0.491 e. The number of hydrogen-bond acceptors (Lipinski definition) is 6. The van der Waals surface area contributed by atoms with Crippen molar-refractivity contribution in [1.82, 2.24) is 0 Å². The molecular weight excluding hydrogens is 439 g/mol. The molecule has 1 aliphatic heterocycles. The molecule has 168 valence electrons. The van der Waals surface area contributed by atoms with E-state index in [4.69, 9.17) is 14.0 Å².